The number of ether oxygens (including phenoxy) is 1. The Labute approximate surface area is 114 Å². The molecule has 0 N–H and O–H groups in total. The topological polar surface area (TPSA) is 52.8 Å². The van der Waals surface area contributed by atoms with Gasteiger partial charge in [-0.25, -0.2) is 14.6 Å². The lowest BCUT2D eigenvalue weighted by Gasteiger charge is -2.04. The van der Waals surface area contributed by atoms with Gasteiger partial charge in [0.25, 0.3) is 0 Å². The molecule has 0 amide bonds. The molecular formula is C13H11ClN4O. The average Bonchev–Trinajstić information content (AvgIpc) is 2.77. The van der Waals surface area contributed by atoms with Gasteiger partial charge in [0.2, 0.25) is 0 Å². The molecule has 6 heteroatoms. The number of rotatable bonds is 2. The maximum absolute atomic E-state index is 6.15. The molecule has 0 aliphatic carbocycles. The third-order valence-electron chi connectivity index (χ3n) is 2.93. The Bertz CT molecular complexity index is 753. The molecule has 3 rings (SSSR count). The van der Waals surface area contributed by atoms with Gasteiger partial charge in [0.05, 0.1) is 17.5 Å². The van der Waals surface area contributed by atoms with Crippen molar-refractivity contribution < 1.29 is 4.74 Å². The summed E-state index contributed by atoms with van der Waals surface area (Å²) >= 11 is 6.15. The van der Waals surface area contributed by atoms with Crippen molar-refractivity contribution in [2.45, 2.75) is 0 Å². The minimum absolute atomic E-state index is 0.552. The number of fused-ring (bicyclic) bond motifs is 1. The van der Waals surface area contributed by atoms with Gasteiger partial charge in [0, 0.05) is 18.8 Å². The van der Waals surface area contributed by atoms with Crippen LogP contribution in [0.2, 0.25) is 5.02 Å². The van der Waals surface area contributed by atoms with Crippen molar-refractivity contribution in [2.24, 2.45) is 7.05 Å². The number of methoxy groups -OCH3 is 1. The smallest absolute Gasteiger partial charge is 0.161 e. The van der Waals surface area contributed by atoms with Gasteiger partial charge in [-0.1, -0.05) is 11.6 Å². The fourth-order valence-electron chi connectivity index (χ4n) is 2.03. The average molecular weight is 275 g/mol. The van der Waals surface area contributed by atoms with Crippen molar-refractivity contribution >= 4 is 22.6 Å². The van der Waals surface area contributed by atoms with Crippen LogP contribution >= 0.6 is 11.6 Å². The molecule has 2 heterocycles. The van der Waals surface area contributed by atoms with E-state index in [-0.39, 0.29) is 0 Å². The van der Waals surface area contributed by atoms with Crippen LogP contribution < -0.4 is 4.74 Å². The SMILES string of the molecule is COc1ccc(-c2nn(C)c3ncncc23)cc1Cl. The molecule has 3 aromatic rings. The maximum Gasteiger partial charge on any atom is 0.161 e. The fraction of sp³-hybridized carbons (Fsp3) is 0.154. The first-order chi connectivity index (χ1) is 9.20. The van der Waals surface area contributed by atoms with Gasteiger partial charge in [-0.3, -0.25) is 0 Å². The largest absolute Gasteiger partial charge is 0.495 e. The van der Waals surface area contributed by atoms with Crippen LogP contribution in [0, 0.1) is 0 Å². The van der Waals surface area contributed by atoms with E-state index in [2.05, 4.69) is 15.1 Å². The zero-order chi connectivity index (χ0) is 13.4. The molecule has 0 fully saturated rings. The predicted octanol–water partition coefficient (Wildman–Crippen LogP) is 2.69. The van der Waals surface area contributed by atoms with Crippen LogP contribution in [-0.2, 0) is 7.05 Å². The molecule has 96 valence electrons. The predicted molar refractivity (Wildman–Crippen MR) is 73.3 cm³/mol. The summed E-state index contributed by atoms with van der Waals surface area (Å²) in [5.41, 5.74) is 2.51. The molecule has 2 aromatic heterocycles. The number of hydrogen-bond donors (Lipinski definition) is 0. The van der Waals surface area contributed by atoms with Crippen molar-refractivity contribution in [1.29, 1.82) is 0 Å². The first-order valence-corrected chi connectivity index (χ1v) is 6.05. The van der Waals surface area contributed by atoms with Gasteiger partial charge in [-0.05, 0) is 18.2 Å². The number of hydrogen-bond acceptors (Lipinski definition) is 4. The monoisotopic (exact) mass is 274 g/mol. The Balaban J connectivity index is 2.22. The van der Waals surface area contributed by atoms with Gasteiger partial charge < -0.3 is 4.74 Å². The fourth-order valence-corrected chi connectivity index (χ4v) is 2.28. The summed E-state index contributed by atoms with van der Waals surface area (Å²) in [5, 5.41) is 5.92. The highest BCUT2D eigenvalue weighted by Crippen LogP contribution is 2.32. The molecule has 0 bridgehead atoms. The third-order valence-corrected chi connectivity index (χ3v) is 3.22. The second-order valence-electron chi connectivity index (χ2n) is 4.08. The minimum Gasteiger partial charge on any atom is -0.495 e. The Morgan fingerprint density at radius 1 is 1.32 bits per heavy atom. The number of aromatic nitrogens is 4. The van der Waals surface area contributed by atoms with E-state index in [1.807, 2.05) is 25.2 Å². The lowest BCUT2D eigenvalue weighted by Crippen LogP contribution is -1.91. The van der Waals surface area contributed by atoms with Gasteiger partial charge >= 0.3 is 0 Å². The van der Waals surface area contributed by atoms with Crippen molar-refractivity contribution in [2.75, 3.05) is 7.11 Å². The summed E-state index contributed by atoms with van der Waals surface area (Å²) in [6, 6.07) is 5.57. The van der Waals surface area contributed by atoms with E-state index in [4.69, 9.17) is 16.3 Å². The third kappa shape index (κ3) is 1.92. The van der Waals surface area contributed by atoms with Crippen LogP contribution in [0.15, 0.2) is 30.7 Å². The van der Waals surface area contributed by atoms with E-state index in [1.165, 1.54) is 6.33 Å². The number of benzene rings is 1. The van der Waals surface area contributed by atoms with Crippen molar-refractivity contribution in [3.05, 3.63) is 35.7 Å². The van der Waals surface area contributed by atoms with E-state index >= 15 is 0 Å². The molecule has 0 radical (unpaired) electrons. The first-order valence-electron chi connectivity index (χ1n) is 5.67. The summed E-state index contributed by atoms with van der Waals surface area (Å²) < 4.78 is 6.87. The van der Waals surface area contributed by atoms with Crippen molar-refractivity contribution in [3.63, 3.8) is 0 Å². The molecule has 0 saturated heterocycles. The second kappa shape index (κ2) is 4.51. The zero-order valence-corrected chi connectivity index (χ0v) is 11.2. The van der Waals surface area contributed by atoms with Crippen LogP contribution in [0.3, 0.4) is 0 Å². The summed E-state index contributed by atoms with van der Waals surface area (Å²) in [4.78, 5) is 8.26. The normalized spacial score (nSPS) is 10.9. The summed E-state index contributed by atoms with van der Waals surface area (Å²) in [6.45, 7) is 0. The lowest BCUT2D eigenvalue weighted by atomic mass is 10.1. The molecular weight excluding hydrogens is 264 g/mol. The second-order valence-corrected chi connectivity index (χ2v) is 4.49. The minimum atomic E-state index is 0.552. The van der Waals surface area contributed by atoms with E-state index in [9.17, 15) is 0 Å². The highest BCUT2D eigenvalue weighted by atomic mass is 35.5. The molecule has 1 aromatic carbocycles. The van der Waals surface area contributed by atoms with Crippen LogP contribution in [0.4, 0.5) is 0 Å². The maximum atomic E-state index is 6.15. The number of halogens is 1. The summed E-state index contributed by atoms with van der Waals surface area (Å²) in [6.07, 6.45) is 3.26. The van der Waals surface area contributed by atoms with Gasteiger partial charge in [0.1, 0.15) is 17.8 Å². The molecule has 0 spiro atoms. The van der Waals surface area contributed by atoms with Crippen molar-refractivity contribution in [3.8, 4) is 17.0 Å². The molecule has 0 aliphatic heterocycles. The Hall–Kier alpha value is -2.14. The number of aryl methyl sites for hydroxylation is 1. The van der Waals surface area contributed by atoms with Gasteiger partial charge in [-0.15, -0.1) is 0 Å². The van der Waals surface area contributed by atoms with Crippen LogP contribution in [0.5, 0.6) is 5.75 Å². The van der Waals surface area contributed by atoms with E-state index in [1.54, 1.807) is 18.0 Å². The molecule has 0 atom stereocenters. The van der Waals surface area contributed by atoms with Gasteiger partial charge in [0.15, 0.2) is 5.65 Å². The molecule has 0 unspecified atom stereocenters. The van der Waals surface area contributed by atoms with Crippen molar-refractivity contribution in [1.82, 2.24) is 19.7 Å². The van der Waals surface area contributed by atoms with Crippen LogP contribution in [0.1, 0.15) is 0 Å². The standard InChI is InChI=1S/C13H11ClN4O/c1-18-13-9(6-15-7-16-13)12(17-18)8-3-4-11(19-2)10(14)5-8/h3-7H,1-2H3. The highest BCUT2D eigenvalue weighted by molar-refractivity contribution is 6.32. The molecule has 19 heavy (non-hydrogen) atoms. The molecule has 0 saturated carbocycles. The quantitative estimate of drug-likeness (QED) is 0.721. The summed E-state index contributed by atoms with van der Waals surface area (Å²) in [5.74, 6) is 0.641. The Morgan fingerprint density at radius 2 is 2.16 bits per heavy atom. The Kier molecular flexibility index (Phi) is 2.83. The first kappa shape index (κ1) is 11.9. The van der Waals surface area contributed by atoms with Crippen LogP contribution in [-0.4, -0.2) is 26.9 Å². The van der Waals surface area contributed by atoms with E-state index < -0.39 is 0 Å². The lowest BCUT2D eigenvalue weighted by molar-refractivity contribution is 0.415. The highest BCUT2D eigenvalue weighted by Gasteiger charge is 2.13. The number of nitrogens with zero attached hydrogens (tertiary/aromatic N) is 4. The Morgan fingerprint density at radius 3 is 2.89 bits per heavy atom. The zero-order valence-electron chi connectivity index (χ0n) is 10.5. The van der Waals surface area contributed by atoms with Crippen LogP contribution in [0.25, 0.3) is 22.3 Å². The van der Waals surface area contributed by atoms with E-state index in [0.717, 1.165) is 22.3 Å². The molecule has 0 aliphatic rings. The van der Waals surface area contributed by atoms with E-state index in [0.29, 0.717) is 10.8 Å². The van der Waals surface area contributed by atoms with Gasteiger partial charge in [-0.2, -0.15) is 5.10 Å². The summed E-state index contributed by atoms with van der Waals surface area (Å²) in [7, 11) is 3.44. The molecule has 5 nitrogen and oxygen atoms in total.